The van der Waals surface area contributed by atoms with Gasteiger partial charge in [-0.05, 0) is 24.3 Å². The summed E-state index contributed by atoms with van der Waals surface area (Å²) in [6.07, 6.45) is 7.00. The van der Waals surface area contributed by atoms with E-state index in [9.17, 15) is 0 Å². The van der Waals surface area contributed by atoms with Gasteiger partial charge in [-0.3, -0.25) is 9.97 Å². The second kappa shape index (κ2) is 16.7. The van der Waals surface area contributed by atoms with Crippen molar-refractivity contribution in [2.24, 2.45) is 0 Å². The molecule has 0 amide bonds. The van der Waals surface area contributed by atoms with Crippen LogP contribution in [0.15, 0.2) is 61.2 Å². The minimum atomic E-state index is 0. The standard InChI is InChI=1S/2C5H5N.2HI.Ni/c2*1-2-4-6-5-3-1;;;/h2*1-5H;2*1H;/q;;;;+2/p-2. The summed E-state index contributed by atoms with van der Waals surface area (Å²) >= 11 is 0. The van der Waals surface area contributed by atoms with Gasteiger partial charge in [-0.25, -0.2) is 0 Å². The van der Waals surface area contributed by atoms with E-state index in [2.05, 4.69) is 9.97 Å². The van der Waals surface area contributed by atoms with E-state index in [1.807, 2.05) is 36.4 Å². The van der Waals surface area contributed by atoms with Crippen molar-refractivity contribution in [2.75, 3.05) is 0 Å². The third kappa shape index (κ3) is 14.3. The Bertz CT molecular complexity index is 197. The first kappa shape index (κ1) is 20.6. The van der Waals surface area contributed by atoms with Gasteiger partial charge in [0.05, 0.1) is 0 Å². The Morgan fingerprint density at radius 2 is 0.733 bits per heavy atom. The average molecular weight is 471 g/mol. The molecule has 84 valence electrons. The minimum Gasteiger partial charge on any atom is -1.00 e. The molecule has 2 rings (SSSR count). The number of halogens is 2. The maximum atomic E-state index is 3.78. The molecule has 0 aliphatic rings. The van der Waals surface area contributed by atoms with Crippen molar-refractivity contribution in [2.45, 2.75) is 0 Å². The number of hydrogen-bond acceptors (Lipinski definition) is 2. The number of rotatable bonds is 0. The predicted octanol–water partition coefficient (Wildman–Crippen LogP) is -3.83. The minimum absolute atomic E-state index is 0. The van der Waals surface area contributed by atoms with Crippen molar-refractivity contribution < 1.29 is 64.4 Å². The maximum Gasteiger partial charge on any atom is 2.00 e. The molecule has 0 unspecified atom stereocenters. The maximum absolute atomic E-state index is 3.78. The molecule has 0 aromatic carbocycles. The van der Waals surface area contributed by atoms with Crippen molar-refractivity contribution >= 4 is 0 Å². The second-order valence-electron chi connectivity index (χ2n) is 2.05. The van der Waals surface area contributed by atoms with Crippen LogP contribution in [0.1, 0.15) is 0 Å². The van der Waals surface area contributed by atoms with Crippen LogP contribution in [0.3, 0.4) is 0 Å². The summed E-state index contributed by atoms with van der Waals surface area (Å²) in [6, 6.07) is 11.4. The zero-order valence-electron chi connectivity index (χ0n) is 7.74. The Morgan fingerprint density at radius 3 is 0.800 bits per heavy atom. The summed E-state index contributed by atoms with van der Waals surface area (Å²) in [5.74, 6) is 0. The Labute approximate surface area is 134 Å². The average Bonchev–Trinajstić information content (AvgIpc) is 2.24. The van der Waals surface area contributed by atoms with Gasteiger partial charge in [-0.1, -0.05) is 12.1 Å². The van der Waals surface area contributed by atoms with E-state index in [0.29, 0.717) is 0 Å². The molecule has 0 aliphatic heterocycles. The Hall–Kier alpha value is 0.254. The molecule has 2 heterocycles. The van der Waals surface area contributed by atoms with E-state index >= 15 is 0 Å². The van der Waals surface area contributed by atoms with Gasteiger partial charge in [0, 0.05) is 24.8 Å². The van der Waals surface area contributed by atoms with E-state index in [-0.39, 0.29) is 64.4 Å². The largest absolute Gasteiger partial charge is 2.00 e. The van der Waals surface area contributed by atoms with Gasteiger partial charge in [0.15, 0.2) is 0 Å². The summed E-state index contributed by atoms with van der Waals surface area (Å²) < 4.78 is 0. The van der Waals surface area contributed by atoms with Crippen molar-refractivity contribution in [3.63, 3.8) is 0 Å². The fourth-order valence-corrected chi connectivity index (χ4v) is 0.625. The normalized spacial score (nSPS) is 6.40. The monoisotopic (exact) mass is 470 g/mol. The summed E-state index contributed by atoms with van der Waals surface area (Å²) in [6.45, 7) is 0. The summed E-state index contributed by atoms with van der Waals surface area (Å²) in [5.41, 5.74) is 0. The van der Waals surface area contributed by atoms with E-state index < -0.39 is 0 Å². The SMILES string of the molecule is [I-].[I-].[Ni+2].c1ccncc1.c1ccncc1. The van der Waals surface area contributed by atoms with Crippen molar-refractivity contribution in [1.29, 1.82) is 0 Å². The van der Waals surface area contributed by atoms with Gasteiger partial charge < -0.3 is 48.0 Å². The number of hydrogen-bond donors (Lipinski definition) is 0. The molecule has 0 N–H and O–H groups in total. The fourth-order valence-electron chi connectivity index (χ4n) is 0.625. The van der Waals surface area contributed by atoms with Gasteiger partial charge >= 0.3 is 16.5 Å². The van der Waals surface area contributed by atoms with Crippen LogP contribution in [-0.2, 0) is 16.5 Å². The van der Waals surface area contributed by atoms with Crippen LogP contribution < -0.4 is 48.0 Å². The van der Waals surface area contributed by atoms with E-state index in [4.69, 9.17) is 0 Å². The molecule has 0 atom stereocenters. The van der Waals surface area contributed by atoms with Crippen molar-refractivity contribution in [3.05, 3.63) is 61.2 Å². The molecular formula is C10H10I2N2Ni. The molecular weight excluding hydrogens is 461 g/mol. The smallest absolute Gasteiger partial charge is 1.00 e. The van der Waals surface area contributed by atoms with Gasteiger partial charge in [0.25, 0.3) is 0 Å². The van der Waals surface area contributed by atoms with Crippen LogP contribution in [0, 0.1) is 0 Å². The van der Waals surface area contributed by atoms with E-state index in [1.54, 1.807) is 24.8 Å². The molecule has 15 heavy (non-hydrogen) atoms. The molecule has 2 aromatic rings. The quantitative estimate of drug-likeness (QED) is 0.291. The predicted molar refractivity (Wildman–Crippen MR) is 48.5 cm³/mol. The summed E-state index contributed by atoms with van der Waals surface area (Å²) in [5, 5.41) is 0. The third-order valence-electron chi connectivity index (χ3n) is 1.13. The van der Waals surface area contributed by atoms with Crippen molar-refractivity contribution in [3.8, 4) is 0 Å². The zero-order valence-corrected chi connectivity index (χ0v) is 13.0. The second-order valence-corrected chi connectivity index (χ2v) is 2.05. The molecule has 0 saturated carbocycles. The molecule has 0 bridgehead atoms. The van der Waals surface area contributed by atoms with Crippen LogP contribution in [0.25, 0.3) is 0 Å². The van der Waals surface area contributed by atoms with Crippen LogP contribution in [0.4, 0.5) is 0 Å². The van der Waals surface area contributed by atoms with Gasteiger partial charge in [0.1, 0.15) is 0 Å². The van der Waals surface area contributed by atoms with E-state index in [1.165, 1.54) is 0 Å². The number of pyridine rings is 2. The van der Waals surface area contributed by atoms with Crippen molar-refractivity contribution in [1.82, 2.24) is 9.97 Å². The first-order valence-electron chi connectivity index (χ1n) is 3.70. The third-order valence-corrected chi connectivity index (χ3v) is 1.13. The Morgan fingerprint density at radius 1 is 0.467 bits per heavy atom. The topological polar surface area (TPSA) is 25.8 Å². The summed E-state index contributed by atoms with van der Waals surface area (Å²) in [7, 11) is 0. The van der Waals surface area contributed by atoms with Crippen LogP contribution in [0.5, 0.6) is 0 Å². The van der Waals surface area contributed by atoms with Crippen LogP contribution in [0.2, 0.25) is 0 Å². The first-order valence-corrected chi connectivity index (χ1v) is 3.70. The first-order chi connectivity index (χ1) is 6.00. The van der Waals surface area contributed by atoms with Gasteiger partial charge in [0.2, 0.25) is 0 Å². The van der Waals surface area contributed by atoms with Gasteiger partial charge in [-0.15, -0.1) is 0 Å². The summed E-state index contributed by atoms with van der Waals surface area (Å²) in [4.78, 5) is 7.57. The fraction of sp³-hybridized carbons (Fsp3) is 0. The molecule has 2 aromatic heterocycles. The molecule has 0 aliphatic carbocycles. The zero-order chi connectivity index (χ0) is 8.49. The molecule has 0 saturated heterocycles. The van der Waals surface area contributed by atoms with Gasteiger partial charge in [-0.2, -0.15) is 0 Å². The number of nitrogens with zero attached hydrogens (tertiary/aromatic N) is 2. The van der Waals surface area contributed by atoms with Crippen LogP contribution >= 0.6 is 0 Å². The Balaban J connectivity index is -0.000000160. The molecule has 0 radical (unpaired) electrons. The molecule has 0 spiro atoms. The molecule has 0 fully saturated rings. The molecule has 2 nitrogen and oxygen atoms in total. The number of aromatic nitrogens is 2. The Kier molecular flexibility index (Phi) is 22.9. The van der Waals surface area contributed by atoms with Crippen LogP contribution in [-0.4, -0.2) is 9.97 Å². The molecule has 5 heteroatoms. The van der Waals surface area contributed by atoms with E-state index in [0.717, 1.165) is 0 Å².